The largest absolute Gasteiger partial charge is 0.254 e. The van der Waals surface area contributed by atoms with Crippen LogP contribution in [0.5, 0.6) is 0 Å². The monoisotopic (exact) mass is 357 g/mol. The van der Waals surface area contributed by atoms with Gasteiger partial charge in [-0.3, -0.25) is 0 Å². The minimum absolute atomic E-state index is 0.395. The SMILES string of the molecule is O=S(=O)(c1sccc1Br)N1CCc2ccccc2C1. The Morgan fingerprint density at radius 2 is 1.89 bits per heavy atom. The summed E-state index contributed by atoms with van der Waals surface area (Å²) in [5, 5.41) is 1.79. The van der Waals surface area contributed by atoms with E-state index in [1.807, 2.05) is 18.2 Å². The molecule has 0 saturated carbocycles. The third-order valence-electron chi connectivity index (χ3n) is 3.25. The molecule has 1 aliphatic heterocycles. The number of halogens is 1. The second kappa shape index (κ2) is 5.01. The summed E-state index contributed by atoms with van der Waals surface area (Å²) in [5.74, 6) is 0. The lowest BCUT2D eigenvalue weighted by atomic mass is 10.0. The van der Waals surface area contributed by atoms with Crippen molar-refractivity contribution in [2.24, 2.45) is 0 Å². The number of thiophene rings is 1. The number of nitrogens with zero attached hydrogens (tertiary/aromatic N) is 1. The van der Waals surface area contributed by atoms with Gasteiger partial charge in [-0.1, -0.05) is 24.3 Å². The first-order valence-corrected chi connectivity index (χ1v) is 9.00. The van der Waals surface area contributed by atoms with Crippen molar-refractivity contribution in [1.82, 2.24) is 4.31 Å². The molecular formula is C13H12BrNO2S2. The van der Waals surface area contributed by atoms with Crippen molar-refractivity contribution in [2.75, 3.05) is 6.54 Å². The van der Waals surface area contributed by atoms with Gasteiger partial charge < -0.3 is 0 Å². The summed E-state index contributed by atoms with van der Waals surface area (Å²) in [7, 11) is -3.39. The van der Waals surface area contributed by atoms with E-state index in [0.29, 0.717) is 21.8 Å². The molecule has 100 valence electrons. The summed E-state index contributed by atoms with van der Waals surface area (Å²) in [6, 6.07) is 9.80. The highest BCUT2D eigenvalue weighted by molar-refractivity contribution is 9.10. The van der Waals surface area contributed by atoms with Crippen LogP contribution in [0.25, 0.3) is 0 Å². The number of hydrogen-bond donors (Lipinski definition) is 0. The van der Waals surface area contributed by atoms with Crippen molar-refractivity contribution in [1.29, 1.82) is 0 Å². The average molecular weight is 358 g/mol. The highest BCUT2D eigenvalue weighted by Gasteiger charge is 2.30. The minimum Gasteiger partial charge on any atom is -0.206 e. The van der Waals surface area contributed by atoms with E-state index in [1.165, 1.54) is 16.9 Å². The molecule has 1 aromatic heterocycles. The Labute approximate surface area is 125 Å². The Morgan fingerprint density at radius 3 is 2.58 bits per heavy atom. The van der Waals surface area contributed by atoms with Crippen LogP contribution in [0.4, 0.5) is 0 Å². The summed E-state index contributed by atoms with van der Waals surface area (Å²) in [6.45, 7) is 1.01. The van der Waals surface area contributed by atoms with E-state index in [4.69, 9.17) is 0 Å². The molecule has 0 aliphatic carbocycles. The maximum absolute atomic E-state index is 12.6. The molecule has 0 N–H and O–H groups in total. The maximum atomic E-state index is 12.6. The summed E-state index contributed by atoms with van der Waals surface area (Å²) in [6.07, 6.45) is 0.776. The Morgan fingerprint density at radius 1 is 1.16 bits per heavy atom. The van der Waals surface area contributed by atoms with Crippen molar-refractivity contribution in [3.05, 3.63) is 51.3 Å². The Balaban J connectivity index is 1.95. The van der Waals surface area contributed by atoms with Crippen LogP contribution in [0.1, 0.15) is 11.1 Å². The highest BCUT2D eigenvalue weighted by Crippen LogP contribution is 2.32. The van der Waals surface area contributed by atoms with Crippen LogP contribution in [-0.4, -0.2) is 19.3 Å². The molecule has 2 aromatic rings. The van der Waals surface area contributed by atoms with Crippen molar-refractivity contribution < 1.29 is 8.42 Å². The first-order valence-electron chi connectivity index (χ1n) is 5.89. The van der Waals surface area contributed by atoms with Gasteiger partial charge in [0.15, 0.2) is 0 Å². The number of rotatable bonds is 2. The fourth-order valence-electron chi connectivity index (χ4n) is 2.26. The third-order valence-corrected chi connectivity index (χ3v) is 7.75. The highest BCUT2D eigenvalue weighted by atomic mass is 79.9. The quantitative estimate of drug-likeness (QED) is 0.827. The summed E-state index contributed by atoms with van der Waals surface area (Å²) in [4.78, 5) is 0. The van der Waals surface area contributed by atoms with Crippen molar-refractivity contribution in [3.8, 4) is 0 Å². The van der Waals surface area contributed by atoms with Gasteiger partial charge in [0.25, 0.3) is 10.0 Å². The van der Waals surface area contributed by atoms with Crippen LogP contribution >= 0.6 is 27.3 Å². The molecule has 0 bridgehead atoms. The lowest BCUT2D eigenvalue weighted by Crippen LogP contribution is -2.35. The van der Waals surface area contributed by atoms with E-state index in [2.05, 4.69) is 22.0 Å². The second-order valence-corrected chi connectivity index (χ2v) is 8.32. The van der Waals surface area contributed by atoms with Gasteiger partial charge >= 0.3 is 0 Å². The summed E-state index contributed by atoms with van der Waals surface area (Å²) < 4.78 is 27.8. The zero-order chi connectivity index (χ0) is 13.5. The van der Waals surface area contributed by atoms with Crippen LogP contribution in [0.2, 0.25) is 0 Å². The van der Waals surface area contributed by atoms with Crippen LogP contribution in [0.3, 0.4) is 0 Å². The fraction of sp³-hybridized carbons (Fsp3) is 0.231. The van der Waals surface area contributed by atoms with Gasteiger partial charge in [-0.15, -0.1) is 11.3 Å². The number of hydrogen-bond acceptors (Lipinski definition) is 3. The van der Waals surface area contributed by atoms with E-state index in [9.17, 15) is 8.42 Å². The van der Waals surface area contributed by atoms with Gasteiger partial charge in [0.1, 0.15) is 4.21 Å². The molecule has 0 unspecified atom stereocenters. The van der Waals surface area contributed by atoms with Gasteiger partial charge in [-0.05, 0) is 44.9 Å². The molecule has 6 heteroatoms. The van der Waals surface area contributed by atoms with Gasteiger partial charge in [-0.25, -0.2) is 8.42 Å². The van der Waals surface area contributed by atoms with Crippen LogP contribution < -0.4 is 0 Å². The summed E-state index contributed by atoms with van der Waals surface area (Å²) >= 11 is 4.56. The summed E-state index contributed by atoms with van der Waals surface area (Å²) in [5.41, 5.74) is 2.35. The number of benzene rings is 1. The predicted octanol–water partition coefficient (Wildman–Crippen LogP) is 3.26. The minimum atomic E-state index is -3.39. The molecule has 3 rings (SSSR count). The molecule has 0 saturated heterocycles. The van der Waals surface area contributed by atoms with Crippen LogP contribution in [0, 0.1) is 0 Å². The molecule has 2 heterocycles. The van der Waals surface area contributed by atoms with Gasteiger partial charge in [0.2, 0.25) is 0 Å². The lowest BCUT2D eigenvalue weighted by Gasteiger charge is -2.27. The number of fused-ring (bicyclic) bond motifs is 1. The lowest BCUT2D eigenvalue weighted by molar-refractivity contribution is 0.392. The maximum Gasteiger partial charge on any atom is 0.254 e. The molecule has 19 heavy (non-hydrogen) atoms. The van der Waals surface area contributed by atoms with Crippen molar-refractivity contribution >= 4 is 37.3 Å². The Hall–Kier alpha value is -0.690. The molecule has 0 fully saturated rings. The molecule has 0 atom stereocenters. The first-order chi connectivity index (χ1) is 9.09. The van der Waals surface area contributed by atoms with Gasteiger partial charge in [0, 0.05) is 17.6 Å². The standard InChI is InChI=1S/C13H12BrNO2S2/c14-12-6-8-18-13(12)19(16,17)15-7-5-10-3-1-2-4-11(10)9-15/h1-4,6,8H,5,7,9H2. The van der Waals surface area contributed by atoms with Crippen LogP contribution in [0.15, 0.2) is 44.4 Å². The van der Waals surface area contributed by atoms with E-state index in [-0.39, 0.29) is 0 Å². The predicted molar refractivity (Wildman–Crippen MR) is 79.8 cm³/mol. The molecule has 0 amide bonds. The molecule has 0 spiro atoms. The molecule has 3 nitrogen and oxygen atoms in total. The molecule has 0 radical (unpaired) electrons. The average Bonchev–Trinajstić information content (AvgIpc) is 2.85. The van der Waals surface area contributed by atoms with Gasteiger partial charge in [-0.2, -0.15) is 4.31 Å². The fourth-order valence-corrected chi connectivity index (χ4v) is 6.12. The zero-order valence-corrected chi connectivity index (χ0v) is 13.3. The Bertz CT molecular complexity index is 709. The van der Waals surface area contributed by atoms with Gasteiger partial charge in [0.05, 0.1) is 0 Å². The normalized spacial score (nSPS) is 16.3. The van der Waals surface area contributed by atoms with Crippen molar-refractivity contribution in [2.45, 2.75) is 17.2 Å². The van der Waals surface area contributed by atoms with E-state index in [1.54, 1.807) is 15.8 Å². The van der Waals surface area contributed by atoms with E-state index >= 15 is 0 Å². The molecule has 1 aliphatic rings. The zero-order valence-electron chi connectivity index (χ0n) is 10.0. The van der Waals surface area contributed by atoms with E-state index in [0.717, 1.165) is 12.0 Å². The van der Waals surface area contributed by atoms with Crippen molar-refractivity contribution in [3.63, 3.8) is 0 Å². The molecular weight excluding hydrogens is 346 g/mol. The topological polar surface area (TPSA) is 37.4 Å². The Kier molecular flexibility index (Phi) is 3.51. The third kappa shape index (κ3) is 2.38. The number of sulfonamides is 1. The van der Waals surface area contributed by atoms with E-state index < -0.39 is 10.0 Å². The van der Waals surface area contributed by atoms with Crippen LogP contribution in [-0.2, 0) is 23.0 Å². The second-order valence-electron chi connectivity index (χ2n) is 4.41. The smallest absolute Gasteiger partial charge is 0.206 e. The molecule has 1 aromatic carbocycles. The first kappa shape index (κ1) is 13.3.